The summed E-state index contributed by atoms with van der Waals surface area (Å²) in [6.07, 6.45) is 2.21. The Balaban J connectivity index is 1.90. The Labute approximate surface area is 88.8 Å². The van der Waals surface area contributed by atoms with Gasteiger partial charge in [0.25, 0.3) is 11.8 Å². The van der Waals surface area contributed by atoms with Gasteiger partial charge >= 0.3 is 0 Å². The van der Waals surface area contributed by atoms with E-state index >= 15 is 0 Å². The van der Waals surface area contributed by atoms with Gasteiger partial charge in [-0.05, 0) is 31.8 Å². The highest BCUT2D eigenvalue weighted by molar-refractivity contribution is 5.98. The van der Waals surface area contributed by atoms with E-state index in [2.05, 4.69) is 5.32 Å². The summed E-state index contributed by atoms with van der Waals surface area (Å²) < 4.78 is 4.86. The van der Waals surface area contributed by atoms with Crippen LogP contribution in [0.1, 0.15) is 12.8 Å². The Hall–Kier alpha value is -0.940. The van der Waals surface area contributed by atoms with Crippen LogP contribution in [0, 0.1) is 5.92 Å². The molecule has 1 N–H and O–H groups in total. The Bertz CT molecular complexity index is 245. The third kappa shape index (κ3) is 2.54. The van der Waals surface area contributed by atoms with Gasteiger partial charge in [-0.3, -0.25) is 14.5 Å². The normalized spacial score (nSPS) is 28.3. The van der Waals surface area contributed by atoms with Crippen molar-refractivity contribution in [1.29, 1.82) is 0 Å². The lowest BCUT2D eigenvalue weighted by molar-refractivity contribution is -0.159. The quantitative estimate of drug-likeness (QED) is 0.619. The zero-order valence-electron chi connectivity index (χ0n) is 8.70. The van der Waals surface area contributed by atoms with E-state index in [-0.39, 0.29) is 25.0 Å². The summed E-state index contributed by atoms with van der Waals surface area (Å²) >= 11 is 0. The van der Waals surface area contributed by atoms with Crippen molar-refractivity contribution in [1.82, 2.24) is 10.2 Å². The molecule has 0 radical (unpaired) electrons. The second kappa shape index (κ2) is 4.72. The zero-order chi connectivity index (χ0) is 10.7. The summed E-state index contributed by atoms with van der Waals surface area (Å²) in [4.78, 5) is 24.2. The van der Waals surface area contributed by atoms with E-state index in [1.807, 2.05) is 0 Å². The number of hydrogen-bond donors (Lipinski definition) is 1. The first-order valence-corrected chi connectivity index (χ1v) is 5.39. The molecule has 0 aliphatic carbocycles. The monoisotopic (exact) mass is 212 g/mol. The SMILES string of the molecule is O=C1COCC(=O)N1CC1CCCNC1. The number of morpholine rings is 1. The fourth-order valence-corrected chi connectivity index (χ4v) is 2.06. The number of nitrogens with one attached hydrogen (secondary N) is 1. The van der Waals surface area contributed by atoms with E-state index in [4.69, 9.17) is 4.74 Å². The van der Waals surface area contributed by atoms with Crippen LogP contribution in [0.3, 0.4) is 0 Å². The van der Waals surface area contributed by atoms with Crippen LogP contribution >= 0.6 is 0 Å². The van der Waals surface area contributed by atoms with E-state index in [1.165, 1.54) is 4.90 Å². The third-order valence-corrected chi connectivity index (χ3v) is 2.89. The molecule has 1 unspecified atom stereocenters. The van der Waals surface area contributed by atoms with E-state index in [1.54, 1.807) is 0 Å². The highest BCUT2D eigenvalue weighted by Gasteiger charge is 2.29. The van der Waals surface area contributed by atoms with Crippen molar-refractivity contribution in [2.24, 2.45) is 5.92 Å². The highest BCUT2D eigenvalue weighted by atomic mass is 16.5. The lowest BCUT2D eigenvalue weighted by atomic mass is 9.99. The van der Waals surface area contributed by atoms with Gasteiger partial charge in [-0.15, -0.1) is 0 Å². The molecule has 2 fully saturated rings. The van der Waals surface area contributed by atoms with Crippen LogP contribution in [0.2, 0.25) is 0 Å². The molecule has 2 aliphatic heterocycles. The van der Waals surface area contributed by atoms with Crippen molar-refractivity contribution in [3.8, 4) is 0 Å². The molecular weight excluding hydrogens is 196 g/mol. The number of imide groups is 1. The Kier molecular flexibility index (Phi) is 3.33. The van der Waals surface area contributed by atoms with Gasteiger partial charge < -0.3 is 10.1 Å². The molecule has 0 aromatic rings. The molecular formula is C10H16N2O3. The van der Waals surface area contributed by atoms with Gasteiger partial charge in [0.15, 0.2) is 0 Å². The topological polar surface area (TPSA) is 58.6 Å². The maximum Gasteiger partial charge on any atom is 0.255 e. The largest absolute Gasteiger partial charge is 0.362 e. The Morgan fingerprint density at radius 1 is 1.33 bits per heavy atom. The van der Waals surface area contributed by atoms with Crippen LogP contribution in [0.5, 0.6) is 0 Å². The van der Waals surface area contributed by atoms with Crippen molar-refractivity contribution >= 4 is 11.8 Å². The van der Waals surface area contributed by atoms with E-state index in [9.17, 15) is 9.59 Å². The Morgan fingerprint density at radius 3 is 2.67 bits per heavy atom. The fourth-order valence-electron chi connectivity index (χ4n) is 2.06. The number of carbonyl (C=O) groups is 2. The second-order valence-electron chi connectivity index (χ2n) is 4.10. The first-order chi connectivity index (χ1) is 7.27. The smallest absolute Gasteiger partial charge is 0.255 e. The molecule has 2 amide bonds. The number of carbonyl (C=O) groups excluding carboxylic acids is 2. The molecule has 2 heterocycles. The molecule has 84 valence electrons. The van der Waals surface area contributed by atoms with Gasteiger partial charge in [-0.2, -0.15) is 0 Å². The van der Waals surface area contributed by atoms with E-state index in [0.717, 1.165) is 25.9 Å². The molecule has 2 saturated heterocycles. The van der Waals surface area contributed by atoms with Crippen LogP contribution in [0.25, 0.3) is 0 Å². The first-order valence-electron chi connectivity index (χ1n) is 5.39. The van der Waals surface area contributed by atoms with Crippen molar-refractivity contribution in [3.63, 3.8) is 0 Å². The fraction of sp³-hybridized carbons (Fsp3) is 0.800. The van der Waals surface area contributed by atoms with Crippen LogP contribution in [0.15, 0.2) is 0 Å². The van der Waals surface area contributed by atoms with Gasteiger partial charge in [0, 0.05) is 6.54 Å². The van der Waals surface area contributed by atoms with Crippen LogP contribution in [-0.2, 0) is 14.3 Å². The molecule has 0 aromatic carbocycles. The first kappa shape index (κ1) is 10.6. The number of ether oxygens (including phenoxy) is 1. The van der Waals surface area contributed by atoms with Gasteiger partial charge in [0.1, 0.15) is 13.2 Å². The molecule has 5 nitrogen and oxygen atoms in total. The molecule has 2 rings (SSSR count). The predicted molar refractivity (Wildman–Crippen MR) is 53.1 cm³/mol. The third-order valence-electron chi connectivity index (χ3n) is 2.89. The molecule has 1 atom stereocenters. The average molecular weight is 212 g/mol. The number of amides is 2. The van der Waals surface area contributed by atoms with Crippen molar-refractivity contribution in [3.05, 3.63) is 0 Å². The number of nitrogens with zero attached hydrogens (tertiary/aromatic N) is 1. The number of rotatable bonds is 2. The van der Waals surface area contributed by atoms with Gasteiger partial charge in [-0.1, -0.05) is 0 Å². The molecule has 5 heteroatoms. The molecule has 0 aromatic heterocycles. The maximum atomic E-state index is 11.4. The zero-order valence-corrected chi connectivity index (χ0v) is 8.70. The average Bonchev–Trinajstić information content (AvgIpc) is 2.25. The van der Waals surface area contributed by atoms with Crippen LogP contribution in [-0.4, -0.2) is 49.6 Å². The van der Waals surface area contributed by atoms with Crippen molar-refractivity contribution < 1.29 is 14.3 Å². The minimum atomic E-state index is -0.197. The van der Waals surface area contributed by atoms with Crippen LogP contribution in [0.4, 0.5) is 0 Å². The standard InChI is InChI=1S/C10H16N2O3/c13-9-6-15-7-10(14)12(9)5-8-2-1-3-11-4-8/h8,11H,1-7H2. The molecule has 15 heavy (non-hydrogen) atoms. The van der Waals surface area contributed by atoms with Crippen LogP contribution < -0.4 is 5.32 Å². The second-order valence-corrected chi connectivity index (χ2v) is 4.10. The lowest BCUT2D eigenvalue weighted by Crippen LogP contribution is -2.49. The summed E-state index contributed by atoms with van der Waals surface area (Å²) in [6, 6.07) is 0. The van der Waals surface area contributed by atoms with Gasteiger partial charge in [0.05, 0.1) is 0 Å². The molecule has 0 bridgehead atoms. The maximum absolute atomic E-state index is 11.4. The minimum absolute atomic E-state index is 0.0475. The minimum Gasteiger partial charge on any atom is -0.362 e. The van der Waals surface area contributed by atoms with E-state index < -0.39 is 0 Å². The summed E-state index contributed by atoms with van der Waals surface area (Å²) in [5.74, 6) is 0.0124. The molecule has 2 aliphatic rings. The number of hydrogen-bond acceptors (Lipinski definition) is 4. The molecule has 0 saturated carbocycles. The van der Waals surface area contributed by atoms with Crippen molar-refractivity contribution in [2.75, 3.05) is 32.8 Å². The summed E-state index contributed by atoms with van der Waals surface area (Å²) in [7, 11) is 0. The van der Waals surface area contributed by atoms with E-state index in [0.29, 0.717) is 12.5 Å². The summed E-state index contributed by atoms with van der Waals surface area (Å²) in [5, 5.41) is 3.27. The lowest BCUT2D eigenvalue weighted by Gasteiger charge is -2.30. The molecule has 0 spiro atoms. The highest BCUT2D eigenvalue weighted by Crippen LogP contribution is 2.13. The van der Waals surface area contributed by atoms with Gasteiger partial charge in [0.2, 0.25) is 0 Å². The summed E-state index contributed by atoms with van der Waals surface area (Å²) in [6.45, 7) is 2.59. The van der Waals surface area contributed by atoms with Gasteiger partial charge in [-0.25, -0.2) is 0 Å². The Morgan fingerprint density at radius 2 is 2.07 bits per heavy atom. The van der Waals surface area contributed by atoms with Crippen molar-refractivity contribution in [2.45, 2.75) is 12.8 Å². The summed E-state index contributed by atoms with van der Waals surface area (Å²) in [5.41, 5.74) is 0. The number of piperidine rings is 1. The predicted octanol–water partition coefficient (Wildman–Crippen LogP) is -0.629.